The van der Waals surface area contributed by atoms with E-state index in [0.29, 0.717) is 0 Å². The van der Waals surface area contributed by atoms with Crippen LogP contribution in [0.1, 0.15) is 33.3 Å². The Hall–Kier alpha value is -1.88. The Bertz CT molecular complexity index is 1120. The quantitative estimate of drug-likeness (QED) is 0.423. The van der Waals surface area contributed by atoms with E-state index in [0.717, 1.165) is 23.2 Å². The van der Waals surface area contributed by atoms with Crippen molar-refractivity contribution in [2.75, 3.05) is 32.1 Å². The van der Waals surface area contributed by atoms with Gasteiger partial charge in [-0.25, -0.2) is 14.2 Å². The van der Waals surface area contributed by atoms with Crippen LogP contribution >= 0.6 is 23.3 Å². The molecule has 0 bridgehead atoms. The van der Waals surface area contributed by atoms with Gasteiger partial charge in [0.25, 0.3) is 0 Å². The Morgan fingerprint density at radius 1 is 1.03 bits per heavy atom. The maximum Gasteiger partial charge on any atom is 0.174 e. The number of benzene rings is 2. The summed E-state index contributed by atoms with van der Waals surface area (Å²) in [5.74, 6) is 0. The van der Waals surface area contributed by atoms with Crippen molar-refractivity contribution in [2.45, 2.75) is 33.1 Å². The van der Waals surface area contributed by atoms with E-state index in [1.54, 1.807) is 0 Å². The number of halogens is 1. The van der Waals surface area contributed by atoms with Gasteiger partial charge in [0.15, 0.2) is 7.36 Å². The minimum absolute atomic E-state index is 0.139. The molecule has 5 nitrogen and oxygen atoms in total. The molecule has 0 spiro atoms. The first-order valence-electron chi connectivity index (χ1n) is 10.8. The lowest BCUT2D eigenvalue weighted by molar-refractivity contribution is 0.452. The predicted octanol–water partition coefficient (Wildman–Crippen LogP) is 7.02. The highest BCUT2D eigenvalue weighted by Gasteiger charge is 2.47. The van der Waals surface area contributed by atoms with Gasteiger partial charge >= 0.3 is 0 Å². The van der Waals surface area contributed by atoms with Gasteiger partial charge in [0, 0.05) is 48.5 Å². The monoisotopic (exact) mass is 499 g/mol. The molecule has 0 amide bonds. The van der Waals surface area contributed by atoms with Crippen LogP contribution in [0.5, 0.6) is 0 Å². The molecule has 2 aromatic carbocycles. The van der Waals surface area contributed by atoms with Gasteiger partial charge in [-0.05, 0) is 39.7 Å². The molecule has 4 rings (SSSR count). The lowest BCUT2D eigenvalue weighted by Crippen LogP contribution is -2.30. The number of nitrogens with zero attached hydrogens (tertiary/aromatic N) is 5. The average molecular weight is 500 g/mol. The number of hydrogen-bond donors (Lipinski definition) is 0. The van der Waals surface area contributed by atoms with Crippen LogP contribution in [-0.2, 0) is 5.41 Å². The van der Waals surface area contributed by atoms with E-state index in [4.69, 9.17) is 9.85 Å². The number of rotatable bonds is 4. The SMILES string of the molecule is CCN(CC)[P@]1(=Nc2ccccc2Br)/C(=C2\N(C)c3ccccc3C2(C)C)C=NN1C. The maximum atomic E-state index is 5.51. The summed E-state index contributed by atoms with van der Waals surface area (Å²) in [6.45, 7) is 10.9. The van der Waals surface area contributed by atoms with Crippen LogP contribution in [0, 0.1) is 0 Å². The number of likely N-dealkylation sites (N-methyl/N-ethyl adjacent to an activating group) is 1. The zero-order valence-electron chi connectivity index (χ0n) is 19.2. The van der Waals surface area contributed by atoms with Crippen LogP contribution in [0.25, 0.3) is 0 Å². The molecular weight excluding hydrogens is 469 g/mol. The molecule has 0 N–H and O–H groups in total. The highest BCUT2D eigenvalue weighted by atomic mass is 79.9. The van der Waals surface area contributed by atoms with Gasteiger partial charge in [-0.15, -0.1) is 0 Å². The first-order valence-corrected chi connectivity index (χ1v) is 13.2. The van der Waals surface area contributed by atoms with Crippen LogP contribution in [0.3, 0.4) is 0 Å². The van der Waals surface area contributed by atoms with Crippen molar-refractivity contribution in [1.82, 2.24) is 9.45 Å². The van der Waals surface area contributed by atoms with E-state index >= 15 is 0 Å². The van der Waals surface area contributed by atoms with Gasteiger partial charge in [-0.2, -0.15) is 5.10 Å². The molecule has 1 atom stereocenters. The van der Waals surface area contributed by atoms with E-state index in [1.807, 2.05) is 12.1 Å². The van der Waals surface area contributed by atoms with E-state index in [9.17, 15) is 0 Å². The molecule has 2 aromatic rings. The van der Waals surface area contributed by atoms with Gasteiger partial charge in [0.2, 0.25) is 0 Å². The van der Waals surface area contributed by atoms with Gasteiger partial charge < -0.3 is 4.90 Å². The summed E-state index contributed by atoms with van der Waals surface area (Å²) in [7, 11) is 1.93. The van der Waals surface area contributed by atoms with Crippen molar-refractivity contribution < 1.29 is 0 Å². The largest absolute Gasteiger partial charge is 0.346 e. The molecule has 2 aliphatic heterocycles. The Morgan fingerprint density at radius 2 is 1.68 bits per heavy atom. The number of allylic oxidation sites excluding steroid dienone is 2. The molecule has 164 valence electrons. The maximum absolute atomic E-state index is 5.51. The first-order chi connectivity index (χ1) is 14.8. The standard InChI is InChI=1S/C24H31BrN5P/c1-7-30(8-2)31(27-20-15-11-10-14-19(20)25)22(17-26-29(31)6)23-24(3,4)18-13-9-12-16-21(18)28(23)5/h9-17H,7-8H2,1-6H3/b23-22-/t31-/m0/s1. The summed E-state index contributed by atoms with van der Waals surface area (Å²) in [6.07, 6.45) is 2.06. The summed E-state index contributed by atoms with van der Waals surface area (Å²) in [5, 5.41) is 6.08. The molecule has 0 radical (unpaired) electrons. The second-order valence-electron chi connectivity index (χ2n) is 8.43. The minimum atomic E-state index is -2.32. The zero-order valence-corrected chi connectivity index (χ0v) is 21.7. The highest BCUT2D eigenvalue weighted by molar-refractivity contribution is 9.10. The minimum Gasteiger partial charge on any atom is -0.346 e. The second-order valence-corrected chi connectivity index (χ2v) is 12.2. The Balaban J connectivity index is 2.08. The van der Waals surface area contributed by atoms with Crippen molar-refractivity contribution in [3.05, 3.63) is 69.6 Å². The fourth-order valence-corrected chi connectivity index (χ4v) is 9.16. The lowest BCUT2D eigenvalue weighted by atomic mass is 9.84. The third-order valence-electron chi connectivity index (χ3n) is 6.41. The average Bonchev–Trinajstić information content (AvgIpc) is 3.16. The Labute approximate surface area is 194 Å². The zero-order chi connectivity index (χ0) is 22.4. The molecule has 2 heterocycles. The summed E-state index contributed by atoms with van der Waals surface area (Å²) in [4.78, 5) is 2.35. The second kappa shape index (κ2) is 8.23. The predicted molar refractivity (Wildman–Crippen MR) is 137 cm³/mol. The van der Waals surface area contributed by atoms with Crippen molar-refractivity contribution in [3.8, 4) is 0 Å². The fourth-order valence-electron chi connectivity index (χ4n) is 4.92. The van der Waals surface area contributed by atoms with Crippen LogP contribution in [0.15, 0.2) is 73.9 Å². The molecule has 0 saturated heterocycles. The number of fused-ring (bicyclic) bond motifs is 1. The Morgan fingerprint density at radius 3 is 2.32 bits per heavy atom. The molecule has 31 heavy (non-hydrogen) atoms. The molecule has 7 heteroatoms. The molecule has 0 saturated carbocycles. The summed E-state index contributed by atoms with van der Waals surface area (Å²) >= 11 is 3.72. The number of hydrazone groups is 1. The smallest absolute Gasteiger partial charge is 0.174 e. The number of anilines is 1. The first kappa shape index (κ1) is 22.3. The molecule has 0 aliphatic carbocycles. The van der Waals surface area contributed by atoms with Crippen molar-refractivity contribution in [1.29, 1.82) is 0 Å². The van der Waals surface area contributed by atoms with Crippen molar-refractivity contribution >= 4 is 40.9 Å². The van der Waals surface area contributed by atoms with E-state index in [2.05, 4.69) is 115 Å². The molecule has 0 fully saturated rings. The van der Waals surface area contributed by atoms with Crippen molar-refractivity contribution in [3.63, 3.8) is 0 Å². The van der Waals surface area contributed by atoms with E-state index in [-0.39, 0.29) is 5.41 Å². The van der Waals surface area contributed by atoms with Crippen LogP contribution < -0.4 is 4.90 Å². The van der Waals surface area contributed by atoms with Gasteiger partial charge in [-0.1, -0.05) is 58.0 Å². The third kappa shape index (κ3) is 3.31. The number of hydrogen-bond acceptors (Lipinski definition) is 3. The highest BCUT2D eigenvalue weighted by Crippen LogP contribution is 2.69. The molecule has 0 aromatic heterocycles. The molecule has 0 unspecified atom stereocenters. The van der Waals surface area contributed by atoms with Gasteiger partial charge in [0.05, 0.1) is 17.2 Å². The van der Waals surface area contributed by atoms with Crippen molar-refractivity contribution in [2.24, 2.45) is 9.85 Å². The summed E-state index contributed by atoms with van der Waals surface area (Å²) in [6, 6.07) is 16.9. The Kier molecular flexibility index (Phi) is 5.93. The summed E-state index contributed by atoms with van der Waals surface area (Å²) < 4.78 is 11.1. The lowest BCUT2D eigenvalue weighted by Gasteiger charge is -2.39. The normalized spacial score (nSPS) is 24.3. The van der Waals surface area contributed by atoms with Gasteiger partial charge in [-0.3, -0.25) is 0 Å². The number of para-hydroxylation sites is 1. The molecule has 2 aliphatic rings. The van der Waals surface area contributed by atoms with Crippen LogP contribution in [-0.4, -0.2) is 42.8 Å². The van der Waals surface area contributed by atoms with E-state index < -0.39 is 7.36 Å². The van der Waals surface area contributed by atoms with Gasteiger partial charge in [0.1, 0.15) is 0 Å². The van der Waals surface area contributed by atoms with E-state index in [1.165, 1.54) is 22.3 Å². The van der Waals surface area contributed by atoms with Crippen LogP contribution in [0.2, 0.25) is 0 Å². The summed E-state index contributed by atoms with van der Waals surface area (Å²) in [5.41, 5.74) is 4.73. The topological polar surface area (TPSA) is 34.4 Å². The molecular formula is C24H31BrN5P. The van der Waals surface area contributed by atoms with Crippen LogP contribution in [0.4, 0.5) is 11.4 Å². The fraction of sp³-hybridized carbons (Fsp3) is 0.375. The third-order valence-corrected chi connectivity index (χ3v) is 10.8.